The highest BCUT2D eigenvalue weighted by Gasteiger charge is 2.42. The standard InChI is InChI=1S/C13H23NO4/c1-5-13(3,18-4)10(15)14-8-6-12(2,7-9-14)11(16)17/h5-9H2,1-4H3,(H,16,17). The number of hydrogen-bond donors (Lipinski definition) is 1. The smallest absolute Gasteiger partial charge is 0.309 e. The Bertz CT molecular complexity index is 328. The Morgan fingerprint density at radius 2 is 1.89 bits per heavy atom. The molecule has 1 saturated heterocycles. The molecule has 1 N–H and O–H groups in total. The van der Waals surface area contributed by atoms with Crippen molar-refractivity contribution in [2.75, 3.05) is 20.2 Å². The number of amides is 1. The Kier molecular flexibility index (Phi) is 4.37. The second kappa shape index (κ2) is 5.26. The normalized spacial score (nSPS) is 22.3. The molecular weight excluding hydrogens is 234 g/mol. The van der Waals surface area contributed by atoms with E-state index in [1.54, 1.807) is 18.7 Å². The predicted molar refractivity (Wildman–Crippen MR) is 67.3 cm³/mol. The molecule has 0 radical (unpaired) electrons. The van der Waals surface area contributed by atoms with Gasteiger partial charge >= 0.3 is 5.97 Å². The van der Waals surface area contributed by atoms with Gasteiger partial charge in [-0.2, -0.15) is 0 Å². The summed E-state index contributed by atoms with van der Waals surface area (Å²) in [7, 11) is 1.53. The Hall–Kier alpha value is -1.10. The number of piperidine rings is 1. The molecule has 0 aliphatic carbocycles. The van der Waals surface area contributed by atoms with E-state index in [2.05, 4.69) is 0 Å². The van der Waals surface area contributed by atoms with Crippen LogP contribution in [0.5, 0.6) is 0 Å². The van der Waals surface area contributed by atoms with Crippen molar-refractivity contribution in [2.45, 2.75) is 45.6 Å². The highest BCUT2D eigenvalue weighted by atomic mass is 16.5. The molecule has 0 aromatic rings. The van der Waals surface area contributed by atoms with Crippen molar-refractivity contribution in [1.82, 2.24) is 4.90 Å². The lowest BCUT2D eigenvalue weighted by atomic mass is 9.80. The van der Waals surface area contributed by atoms with Crippen LogP contribution in [0.3, 0.4) is 0 Å². The Balaban J connectivity index is 2.69. The molecule has 1 atom stereocenters. The fourth-order valence-corrected chi connectivity index (χ4v) is 2.13. The number of ether oxygens (including phenoxy) is 1. The Morgan fingerprint density at radius 1 is 1.39 bits per heavy atom. The maximum absolute atomic E-state index is 12.3. The van der Waals surface area contributed by atoms with E-state index in [1.165, 1.54) is 7.11 Å². The molecule has 0 bridgehead atoms. The van der Waals surface area contributed by atoms with Gasteiger partial charge in [0.1, 0.15) is 5.60 Å². The number of carboxylic acid groups (broad SMARTS) is 1. The zero-order chi connectivity index (χ0) is 14.0. The summed E-state index contributed by atoms with van der Waals surface area (Å²) in [6.45, 7) is 6.40. The van der Waals surface area contributed by atoms with Gasteiger partial charge in [-0.05, 0) is 33.1 Å². The quantitative estimate of drug-likeness (QED) is 0.829. The first-order valence-corrected chi connectivity index (χ1v) is 6.37. The highest BCUT2D eigenvalue weighted by molar-refractivity contribution is 5.85. The van der Waals surface area contributed by atoms with Gasteiger partial charge in [-0.25, -0.2) is 0 Å². The third kappa shape index (κ3) is 2.66. The molecule has 1 unspecified atom stereocenters. The van der Waals surface area contributed by atoms with E-state index in [9.17, 15) is 9.59 Å². The van der Waals surface area contributed by atoms with Gasteiger partial charge in [-0.15, -0.1) is 0 Å². The van der Waals surface area contributed by atoms with E-state index in [4.69, 9.17) is 9.84 Å². The molecule has 104 valence electrons. The largest absolute Gasteiger partial charge is 0.481 e. The summed E-state index contributed by atoms with van der Waals surface area (Å²) in [5, 5.41) is 9.15. The lowest BCUT2D eigenvalue weighted by Crippen LogP contribution is -2.53. The summed E-state index contributed by atoms with van der Waals surface area (Å²) < 4.78 is 5.29. The molecule has 5 heteroatoms. The maximum Gasteiger partial charge on any atom is 0.309 e. The van der Waals surface area contributed by atoms with Crippen LogP contribution in [-0.2, 0) is 14.3 Å². The molecular formula is C13H23NO4. The van der Waals surface area contributed by atoms with Crippen molar-refractivity contribution < 1.29 is 19.4 Å². The monoisotopic (exact) mass is 257 g/mol. The Morgan fingerprint density at radius 3 is 2.22 bits per heavy atom. The van der Waals surface area contributed by atoms with Gasteiger partial charge in [-0.1, -0.05) is 6.92 Å². The van der Waals surface area contributed by atoms with Crippen LogP contribution in [-0.4, -0.2) is 47.7 Å². The van der Waals surface area contributed by atoms with Crippen LogP contribution in [0.15, 0.2) is 0 Å². The second-order valence-corrected chi connectivity index (χ2v) is 5.45. The fraction of sp³-hybridized carbons (Fsp3) is 0.846. The van der Waals surface area contributed by atoms with E-state index in [1.807, 2.05) is 6.92 Å². The minimum absolute atomic E-state index is 0.0417. The molecule has 0 aromatic carbocycles. The highest BCUT2D eigenvalue weighted by Crippen LogP contribution is 2.32. The summed E-state index contributed by atoms with van der Waals surface area (Å²) in [5.41, 5.74) is -1.50. The van der Waals surface area contributed by atoms with Gasteiger partial charge in [0, 0.05) is 20.2 Å². The van der Waals surface area contributed by atoms with E-state index >= 15 is 0 Å². The maximum atomic E-state index is 12.3. The molecule has 1 heterocycles. The SMILES string of the molecule is CCC(C)(OC)C(=O)N1CCC(C)(C(=O)O)CC1. The van der Waals surface area contributed by atoms with Crippen molar-refractivity contribution in [1.29, 1.82) is 0 Å². The first kappa shape index (κ1) is 15.0. The number of likely N-dealkylation sites (tertiary alicyclic amines) is 1. The van der Waals surface area contributed by atoms with Crippen LogP contribution in [0.1, 0.15) is 40.0 Å². The third-order valence-corrected chi connectivity index (χ3v) is 4.25. The minimum atomic E-state index is -0.795. The molecule has 1 aliphatic heterocycles. The van der Waals surface area contributed by atoms with Crippen LogP contribution >= 0.6 is 0 Å². The lowest BCUT2D eigenvalue weighted by molar-refractivity contribution is -0.160. The number of hydrogen-bond acceptors (Lipinski definition) is 3. The summed E-state index contributed by atoms with van der Waals surface area (Å²) in [6, 6.07) is 0. The van der Waals surface area contributed by atoms with Crippen LogP contribution in [0.25, 0.3) is 0 Å². The van der Waals surface area contributed by atoms with Gasteiger partial charge in [-0.3, -0.25) is 9.59 Å². The van der Waals surface area contributed by atoms with Crippen LogP contribution in [0, 0.1) is 5.41 Å². The summed E-state index contributed by atoms with van der Waals surface area (Å²) in [6.07, 6.45) is 1.60. The van der Waals surface area contributed by atoms with Gasteiger partial charge < -0.3 is 14.7 Å². The number of carboxylic acids is 1. The molecule has 1 rings (SSSR count). The fourth-order valence-electron chi connectivity index (χ4n) is 2.13. The first-order valence-electron chi connectivity index (χ1n) is 6.37. The van der Waals surface area contributed by atoms with Crippen molar-refractivity contribution in [3.8, 4) is 0 Å². The third-order valence-electron chi connectivity index (χ3n) is 4.25. The first-order chi connectivity index (χ1) is 8.29. The number of aliphatic carboxylic acids is 1. The van der Waals surface area contributed by atoms with Gasteiger partial charge in [0.15, 0.2) is 0 Å². The summed E-state index contributed by atoms with van der Waals surface area (Å²) in [5.74, 6) is -0.820. The topological polar surface area (TPSA) is 66.8 Å². The van der Waals surface area contributed by atoms with Crippen LogP contribution in [0.4, 0.5) is 0 Å². The molecule has 18 heavy (non-hydrogen) atoms. The lowest BCUT2D eigenvalue weighted by Gasteiger charge is -2.40. The molecule has 1 amide bonds. The van der Waals surface area contributed by atoms with Crippen molar-refractivity contribution in [2.24, 2.45) is 5.41 Å². The number of carbonyl (C=O) groups excluding carboxylic acids is 1. The summed E-state index contributed by atoms with van der Waals surface area (Å²) >= 11 is 0. The van der Waals surface area contributed by atoms with Crippen LogP contribution in [0.2, 0.25) is 0 Å². The molecule has 5 nitrogen and oxygen atoms in total. The average molecular weight is 257 g/mol. The number of nitrogens with zero attached hydrogens (tertiary/aromatic N) is 1. The van der Waals surface area contributed by atoms with E-state index < -0.39 is 17.0 Å². The Labute approximate surface area is 108 Å². The van der Waals surface area contributed by atoms with Crippen LogP contribution < -0.4 is 0 Å². The minimum Gasteiger partial charge on any atom is -0.481 e. The van der Waals surface area contributed by atoms with E-state index in [0.29, 0.717) is 32.4 Å². The molecule has 1 aliphatic rings. The van der Waals surface area contributed by atoms with E-state index in [-0.39, 0.29) is 5.91 Å². The van der Waals surface area contributed by atoms with Crippen molar-refractivity contribution in [3.63, 3.8) is 0 Å². The van der Waals surface area contributed by atoms with Crippen molar-refractivity contribution >= 4 is 11.9 Å². The number of methoxy groups -OCH3 is 1. The van der Waals surface area contributed by atoms with Gasteiger partial charge in [0.2, 0.25) is 0 Å². The predicted octanol–water partition coefficient (Wildman–Crippen LogP) is 1.51. The molecule has 0 spiro atoms. The molecule has 1 fully saturated rings. The van der Waals surface area contributed by atoms with Gasteiger partial charge in [0.25, 0.3) is 5.91 Å². The van der Waals surface area contributed by atoms with Crippen molar-refractivity contribution in [3.05, 3.63) is 0 Å². The average Bonchev–Trinajstić information content (AvgIpc) is 2.37. The zero-order valence-corrected chi connectivity index (χ0v) is 11.7. The van der Waals surface area contributed by atoms with Gasteiger partial charge in [0.05, 0.1) is 5.41 Å². The summed E-state index contributed by atoms with van der Waals surface area (Å²) in [4.78, 5) is 25.2. The number of rotatable bonds is 4. The molecule has 0 saturated carbocycles. The van der Waals surface area contributed by atoms with E-state index in [0.717, 1.165) is 0 Å². The second-order valence-electron chi connectivity index (χ2n) is 5.45. The number of carbonyl (C=O) groups is 2. The molecule has 0 aromatic heterocycles. The zero-order valence-electron chi connectivity index (χ0n) is 11.7.